The van der Waals surface area contributed by atoms with E-state index in [-0.39, 0.29) is 5.41 Å². The minimum atomic E-state index is 0.0701. The predicted molar refractivity (Wildman–Crippen MR) is 128 cm³/mol. The Morgan fingerprint density at radius 2 is 1.97 bits per heavy atom. The third-order valence-electron chi connectivity index (χ3n) is 6.31. The van der Waals surface area contributed by atoms with Gasteiger partial charge in [0.25, 0.3) is 0 Å². The fraction of sp³-hybridized carbons (Fsp3) is 0.417. The highest BCUT2D eigenvalue weighted by atomic mass is 15.3. The van der Waals surface area contributed by atoms with Gasteiger partial charge in [-0.25, -0.2) is 9.97 Å². The van der Waals surface area contributed by atoms with Gasteiger partial charge in [-0.1, -0.05) is 32.9 Å². The first-order valence-corrected chi connectivity index (χ1v) is 11.1. The molecule has 4 heterocycles. The van der Waals surface area contributed by atoms with E-state index in [1.165, 1.54) is 11.1 Å². The van der Waals surface area contributed by atoms with E-state index in [0.717, 1.165) is 36.5 Å². The van der Waals surface area contributed by atoms with Crippen LogP contribution in [0.15, 0.2) is 43.2 Å². The molecular weight excluding hydrogens is 400 g/mol. The Balaban J connectivity index is 1.52. The van der Waals surface area contributed by atoms with E-state index < -0.39 is 0 Å². The highest BCUT2D eigenvalue weighted by molar-refractivity contribution is 5.87. The average Bonchev–Trinajstić information content (AvgIpc) is 3.49. The van der Waals surface area contributed by atoms with Gasteiger partial charge in [0.15, 0.2) is 11.5 Å². The number of anilines is 3. The molecule has 8 heteroatoms. The molecule has 5 rings (SSSR count). The largest absolute Gasteiger partial charge is 0.339 e. The van der Waals surface area contributed by atoms with Crippen LogP contribution in [-0.2, 0) is 12.5 Å². The Hall–Kier alpha value is -3.42. The van der Waals surface area contributed by atoms with Crippen LogP contribution in [0.3, 0.4) is 0 Å². The molecule has 1 unspecified atom stereocenters. The van der Waals surface area contributed by atoms with Crippen LogP contribution in [-0.4, -0.2) is 42.2 Å². The standard InChI is InChI=1S/C24H30N8/c1-16-6-7-17(24(2,3)4)12-19(16)27-22-20-21(26-15-30(20)5)28-23(29-22)31-10-8-18(13-31)32-11-9-25-14-32/h6-7,9,11-12,14-15,18H,8,10,13H2,1-5H3,(H,27,28,29). The van der Waals surface area contributed by atoms with Gasteiger partial charge in [-0.3, -0.25) is 0 Å². The molecule has 1 aromatic carbocycles. The van der Waals surface area contributed by atoms with E-state index in [1.807, 2.05) is 30.3 Å². The van der Waals surface area contributed by atoms with Crippen molar-refractivity contribution in [2.24, 2.45) is 7.05 Å². The summed E-state index contributed by atoms with van der Waals surface area (Å²) >= 11 is 0. The minimum Gasteiger partial charge on any atom is -0.339 e. The van der Waals surface area contributed by atoms with Crippen molar-refractivity contribution in [3.8, 4) is 0 Å². The lowest BCUT2D eigenvalue weighted by atomic mass is 9.86. The number of nitrogens with one attached hydrogen (secondary N) is 1. The lowest BCUT2D eigenvalue weighted by Crippen LogP contribution is -2.23. The third kappa shape index (κ3) is 3.70. The average molecular weight is 431 g/mol. The summed E-state index contributed by atoms with van der Waals surface area (Å²) in [6.45, 7) is 10.6. The SMILES string of the molecule is Cc1ccc(C(C)(C)C)cc1Nc1nc(N2CCC(n3ccnc3)C2)nc2ncn(C)c12. The van der Waals surface area contributed by atoms with Crippen molar-refractivity contribution in [2.45, 2.75) is 45.6 Å². The number of rotatable bonds is 4. The van der Waals surface area contributed by atoms with E-state index in [2.05, 4.69) is 70.6 Å². The second kappa shape index (κ2) is 7.62. The van der Waals surface area contributed by atoms with Gasteiger partial charge in [0.2, 0.25) is 5.95 Å². The van der Waals surface area contributed by atoms with Gasteiger partial charge in [0.05, 0.1) is 18.7 Å². The Bertz CT molecular complexity index is 1250. The van der Waals surface area contributed by atoms with Gasteiger partial charge in [-0.2, -0.15) is 9.97 Å². The summed E-state index contributed by atoms with van der Waals surface area (Å²) in [5.74, 6) is 1.50. The van der Waals surface area contributed by atoms with Crippen molar-refractivity contribution in [3.63, 3.8) is 0 Å². The number of imidazole rings is 2. The Kier molecular flexibility index (Phi) is 4.87. The quantitative estimate of drug-likeness (QED) is 0.518. The maximum atomic E-state index is 4.98. The highest BCUT2D eigenvalue weighted by Crippen LogP contribution is 2.32. The molecule has 1 aliphatic heterocycles. The smallest absolute Gasteiger partial charge is 0.229 e. The Labute approximate surface area is 188 Å². The van der Waals surface area contributed by atoms with E-state index in [1.54, 1.807) is 6.33 Å². The fourth-order valence-electron chi connectivity index (χ4n) is 4.28. The first-order chi connectivity index (χ1) is 15.3. The summed E-state index contributed by atoms with van der Waals surface area (Å²) in [4.78, 5) is 20.7. The topological polar surface area (TPSA) is 76.7 Å². The third-order valence-corrected chi connectivity index (χ3v) is 6.31. The zero-order chi connectivity index (χ0) is 22.5. The second-order valence-electron chi connectivity index (χ2n) is 9.70. The molecule has 166 valence electrons. The maximum Gasteiger partial charge on any atom is 0.229 e. The lowest BCUT2D eigenvalue weighted by Gasteiger charge is -2.22. The van der Waals surface area contributed by atoms with E-state index >= 15 is 0 Å². The molecule has 0 bridgehead atoms. The number of hydrogen-bond acceptors (Lipinski definition) is 6. The molecule has 1 N–H and O–H groups in total. The first kappa shape index (κ1) is 20.5. The van der Waals surface area contributed by atoms with Crippen molar-refractivity contribution >= 4 is 28.6 Å². The van der Waals surface area contributed by atoms with Crippen molar-refractivity contribution in [2.75, 3.05) is 23.3 Å². The maximum absolute atomic E-state index is 4.98. The molecule has 0 radical (unpaired) electrons. The summed E-state index contributed by atoms with van der Waals surface area (Å²) < 4.78 is 4.14. The van der Waals surface area contributed by atoms with Crippen LogP contribution in [0.5, 0.6) is 0 Å². The molecule has 1 saturated heterocycles. The molecule has 0 spiro atoms. The summed E-state index contributed by atoms with van der Waals surface area (Å²) in [6, 6.07) is 6.97. The number of aryl methyl sites for hydroxylation is 2. The molecule has 32 heavy (non-hydrogen) atoms. The van der Waals surface area contributed by atoms with Crippen LogP contribution in [0, 0.1) is 6.92 Å². The number of nitrogens with zero attached hydrogens (tertiary/aromatic N) is 7. The molecule has 0 amide bonds. The molecule has 1 aliphatic rings. The van der Waals surface area contributed by atoms with Crippen LogP contribution in [0.4, 0.5) is 17.5 Å². The molecule has 3 aromatic heterocycles. The minimum absolute atomic E-state index is 0.0701. The summed E-state index contributed by atoms with van der Waals surface area (Å²) in [7, 11) is 1.98. The van der Waals surface area contributed by atoms with Gasteiger partial charge >= 0.3 is 0 Å². The number of fused-ring (bicyclic) bond motifs is 1. The van der Waals surface area contributed by atoms with Gasteiger partial charge in [-0.15, -0.1) is 0 Å². The monoisotopic (exact) mass is 430 g/mol. The Morgan fingerprint density at radius 1 is 1.12 bits per heavy atom. The summed E-state index contributed by atoms with van der Waals surface area (Å²) in [6.07, 6.45) is 8.57. The van der Waals surface area contributed by atoms with Crippen LogP contribution in [0.2, 0.25) is 0 Å². The van der Waals surface area contributed by atoms with Crippen molar-refractivity contribution in [3.05, 3.63) is 54.4 Å². The van der Waals surface area contributed by atoms with Crippen molar-refractivity contribution in [1.29, 1.82) is 0 Å². The lowest BCUT2D eigenvalue weighted by molar-refractivity contribution is 0.551. The molecule has 0 aliphatic carbocycles. The second-order valence-corrected chi connectivity index (χ2v) is 9.70. The number of hydrogen-bond donors (Lipinski definition) is 1. The molecule has 4 aromatic rings. The van der Waals surface area contributed by atoms with Crippen LogP contribution < -0.4 is 10.2 Å². The van der Waals surface area contributed by atoms with Gasteiger partial charge in [0, 0.05) is 38.2 Å². The number of benzene rings is 1. The summed E-state index contributed by atoms with van der Waals surface area (Å²) in [5.41, 5.74) is 5.19. The van der Waals surface area contributed by atoms with Crippen molar-refractivity contribution in [1.82, 2.24) is 29.1 Å². The predicted octanol–water partition coefficient (Wildman–Crippen LogP) is 4.36. The van der Waals surface area contributed by atoms with E-state index in [9.17, 15) is 0 Å². The van der Waals surface area contributed by atoms with Gasteiger partial charge < -0.3 is 19.4 Å². The molecule has 1 atom stereocenters. The highest BCUT2D eigenvalue weighted by Gasteiger charge is 2.27. The Morgan fingerprint density at radius 3 is 2.72 bits per heavy atom. The van der Waals surface area contributed by atoms with Crippen LogP contribution in [0.1, 0.15) is 44.4 Å². The molecule has 0 saturated carbocycles. The summed E-state index contributed by atoms with van der Waals surface area (Å²) in [5, 5.41) is 3.60. The number of aromatic nitrogens is 6. The van der Waals surface area contributed by atoms with Crippen molar-refractivity contribution < 1.29 is 0 Å². The van der Waals surface area contributed by atoms with Crippen LogP contribution in [0.25, 0.3) is 11.2 Å². The van der Waals surface area contributed by atoms with Gasteiger partial charge in [-0.05, 0) is 36.0 Å². The van der Waals surface area contributed by atoms with E-state index in [4.69, 9.17) is 9.97 Å². The fourth-order valence-corrected chi connectivity index (χ4v) is 4.28. The van der Waals surface area contributed by atoms with E-state index in [0.29, 0.717) is 17.6 Å². The van der Waals surface area contributed by atoms with Crippen LogP contribution >= 0.6 is 0 Å². The zero-order valence-electron chi connectivity index (χ0n) is 19.4. The zero-order valence-corrected chi connectivity index (χ0v) is 19.4. The first-order valence-electron chi connectivity index (χ1n) is 11.1. The molecular formula is C24H30N8. The normalized spacial score (nSPS) is 16.8. The van der Waals surface area contributed by atoms with Gasteiger partial charge in [0.1, 0.15) is 5.52 Å². The molecule has 8 nitrogen and oxygen atoms in total. The molecule has 1 fully saturated rings.